The molecule has 0 bridgehead atoms. The zero-order valence-corrected chi connectivity index (χ0v) is 12.7. The van der Waals surface area contributed by atoms with E-state index in [-0.39, 0.29) is 23.5 Å². The second-order valence-corrected chi connectivity index (χ2v) is 6.44. The topological polar surface area (TPSA) is 57.6 Å². The number of amides is 1. The van der Waals surface area contributed by atoms with Gasteiger partial charge in [0.05, 0.1) is 6.61 Å². The zero-order valence-electron chi connectivity index (χ0n) is 11.1. The molecule has 1 fully saturated rings. The number of benzene rings is 1. The molecule has 1 N–H and O–H groups in total. The minimum atomic E-state index is -0.160. The smallest absolute Gasteiger partial charge is 0.227 e. The lowest BCUT2D eigenvalue weighted by Gasteiger charge is -2.20. The summed E-state index contributed by atoms with van der Waals surface area (Å²) in [6.45, 7) is 1.95. The van der Waals surface area contributed by atoms with Crippen LogP contribution in [0.1, 0.15) is 18.9 Å². The molecule has 1 aliphatic heterocycles. The predicted molar refractivity (Wildman–Crippen MR) is 81.0 cm³/mol. The van der Waals surface area contributed by atoms with Crippen LogP contribution in [0.15, 0.2) is 18.2 Å². The Morgan fingerprint density at radius 2 is 2.30 bits per heavy atom. The summed E-state index contributed by atoms with van der Waals surface area (Å²) in [5.74, 6) is 0.842. The largest absolute Gasteiger partial charge is 0.392 e. The van der Waals surface area contributed by atoms with Gasteiger partial charge in [-0.2, -0.15) is 0 Å². The van der Waals surface area contributed by atoms with Gasteiger partial charge >= 0.3 is 0 Å². The number of nitrogens with zero attached hydrogens (tertiary/aromatic N) is 1. The number of carbonyl (C=O) groups is 2. The Morgan fingerprint density at radius 3 is 2.95 bits per heavy atom. The van der Waals surface area contributed by atoms with Crippen LogP contribution in [0.25, 0.3) is 0 Å². The molecule has 4 nitrogen and oxygen atoms in total. The molecule has 6 heteroatoms. The molecule has 20 heavy (non-hydrogen) atoms. The highest BCUT2D eigenvalue weighted by Gasteiger charge is 2.31. The van der Waals surface area contributed by atoms with Gasteiger partial charge in [0.25, 0.3) is 0 Å². The fourth-order valence-corrected chi connectivity index (χ4v) is 3.19. The van der Waals surface area contributed by atoms with Gasteiger partial charge in [0.15, 0.2) is 5.12 Å². The summed E-state index contributed by atoms with van der Waals surface area (Å²) in [7, 11) is 0. The maximum absolute atomic E-state index is 12.1. The fraction of sp³-hybridized carbons (Fsp3) is 0.429. The summed E-state index contributed by atoms with van der Waals surface area (Å²) >= 11 is 7.15. The van der Waals surface area contributed by atoms with Gasteiger partial charge in [-0.1, -0.05) is 23.4 Å². The van der Waals surface area contributed by atoms with Gasteiger partial charge in [-0.3, -0.25) is 9.59 Å². The lowest BCUT2D eigenvalue weighted by atomic mass is 10.1. The number of thioether (sulfide) groups is 1. The molecule has 1 atom stereocenters. The summed E-state index contributed by atoms with van der Waals surface area (Å²) in [5, 5.41) is 9.99. The highest BCUT2D eigenvalue weighted by atomic mass is 35.5. The summed E-state index contributed by atoms with van der Waals surface area (Å²) in [6.07, 6.45) is 0.438. The van der Waals surface area contributed by atoms with Crippen molar-refractivity contribution in [2.45, 2.75) is 20.0 Å². The van der Waals surface area contributed by atoms with E-state index in [1.807, 2.05) is 0 Å². The third-order valence-electron chi connectivity index (χ3n) is 3.23. The van der Waals surface area contributed by atoms with Crippen LogP contribution in [0.5, 0.6) is 0 Å². The van der Waals surface area contributed by atoms with E-state index in [2.05, 4.69) is 0 Å². The molecule has 108 valence electrons. The molecule has 0 saturated carbocycles. The first-order valence-electron chi connectivity index (χ1n) is 6.34. The van der Waals surface area contributed by atoms with Gasteiger partial charge in [0.1, 0.15) is 0 Å². The molecule has 0 spiro atoms. The predicted octanol–water partition coefficient (Wildman–Crippen LogP) is 2.46. The lowest BCUT2D eigenvalue weighted by Crippen LogP contribution is -2.26. The van der Waals surface area contributed by atoms with E-state index in [0.717, 1.165) is 0 Å². The van der Waals surface area contributed by atoms with Crippen LogP contribution in [0, 0.1) is 5.92 Å². The summed E-state index contributed by atoms with van der Waals surface area (Å²) in [5.41, 5.74) is 1.35. The third-order valence-corrected chi connectivity index (χ3v) is 4.51. The van der Waals surface area contributed by atoms with Crippen molar-refractivity contribution in [2.24, 2.45) is 5.92 Å². The molecule has 1 aromatic carbocycles. The standard InChI is InChI=1S/C14H16ClNO3S/c1-9(18)20-8-10-4-14(19)16(6-10)13-3-2-12(15)5-11(13)7-17/h2-3,5,10,17H,4,6-8H2,1H3. The number of carbonyl (C=O) groups excluding carboxylic acids is 2. The van der Waals surface area contributed by atoms with Crippen LogP contribution in [0.2, 0.25) is 5.02 Å². The van der Waals surface area contributed by atoms with E-state index >= 15 is 0 Å². The molecule has 2 rings (SSSR count). The van der Waals surface area contributed by atoms with Crippen LogP contribution in [-0.4, -0.2) is 28.4 Å². The summed E-state index contributed by atoms with van der Waals surface area (Å²) in [4.78, 5) is 24.8. The Kier molecular flexibility index (Phi) is 5.07. The summed E-state index contributed by atoms with van der Waals surface area (Å²) < 4.78 is 0. The minimum absolute atomic E-state index is 0.0242. The van der Waals surface area contributed by atoms with E-state index in [0.29, 0.717) is 35.0 Å². The van der Waals surface area contributed by atoms with Gasteiger partial charge < -0.3 is 10.0 Å². The average Bonchev–Trinajstić information content (AvgIpc) is 2.77. The lowest BCUT2D eigenvalue weighted by molar-refractivity contribution is -0.117. The highest BCUT2D eigenvalue weighted by molar-refractivity contribution is 8.13. The Bertz CT molecular complexity index is 535. The molecule has 1 aromatic rings. The van der Waals surface area contributed by atoms with Crippen LogP contribution in [0.4, 0.5) is 5.69 Å². The third kappa shape index (κ3) is 3.53. The van der Waals surface area contributed by atoms with Gasteiger partial charge in [0, 0.05) is 41.9 Å². The molecule has 1 unspecified atom stereocenters. The molecular formula is C14H16ClNO3S. The molecular weight excluding hydrogens is 298 g/mol. The van der Waals surface area contributed by atoms with Crippen LogP contribution >= 0.6 is 23.4 Å². The highest BCUT2D eigenvalue weighted by Crippen LogP contribution is 2.31. The molecule has 1 saturated heterocycles. The SMILES string of the molecule is CC(=O)SCC1CC(=O)N(c2ccc(Cl)cc2CO)C1. The Hall–Kier alpha value is -1.04. The first kappa shape index (κ1) is 15.4. The summed E-state index contributed by atoms with van der Waals surface area (Å²) in [6, 6.07) is 5.13. The quantitative estimate of drug-likeness (QED) is 0.927. The van der Waals surface area contributed by atoms with Crippen LogP contribution in [-0.2, 0) is 16.2 Å². The van der Waals surface area contributed by atoms with Crippen molar-refractivity contribution in [1.82, 2.24) is 0 Å². The maximum Gasteiger partial charge on any atom is 0.227 e. The molecule has 0 aliphatic carbocycles. The van der Waals surface area contributed by atoms with Crippen molar-refractivity contribution >= 4 is 40.1 Å². The fourth-order valence-electron chi connectivity index (χ4n) is 2.31. The Morgan fingerprint density at radius 1 is 1.55 bits per heavy atom. The number of hydrogen-bond acceptors (Lipinski definition) is 4. The molecule has 0 aromatic heterocycles. The number of anilines is 1. The van der Waals surface area contributed by atoms with Gasteiger partial charge in [-0.25, -0.2) is 0 Å². The first-order chi connectivity index (χ1) is 9.51. The van der Waals surface area contributed by atoms with E-state index in [4.69, 9.17) is 11.6 Å². The Labute approximate surface area is 127 Å². The second kappa shape index (κ2) is 6.61. The minimum Gasteiger partial charge on any atom is -0.392 e. The van der Waals surface area contributed by atoms with Gasteiger partial charge in [-0.15, -0.1) is 0 Å². The van der Waals surface area contributed by atoms with E-state index in [9.17, 15) is 14.7 Å². The van der Waals surface area contributed by atoms with E-state index in [1.54, 1.807) is 23.1 Å². The number of aliphatic hydroxyl groups is 1. The van der Waals surface area contributed by atoms with Crippen molar-refractivity contribution in [1.29, 1.82) is 0 Å². The van der Waals surface area contributed by atoms with Gasteiger partial charge in [0.2, 0.25) is 5.91 Å². The average molecular weight is 314 g/mol. The number of aliphatic hydroxyl groups excluding tert-OH is 1. The molecule has 0 radical (unpaired) electrons. The number of rotatable bonds is 4. The van der Waals surface area contributed by atoms with Crippen LogP contribution in [0.3, 0.4) is 0 Å². The molecule has 1 heterocycles. The van der Waals surface area contributed by atoms with Crippen LogP contribution < -0.4 is 4.90 Å². The van der Waals surface area contributed by atoms with E-state index in [1.165, 1.54) is 18.7 Å². The first-order valence-corrected chi connectivity index (χ1v) is 7.70. The number of hydrogen-bond donors (Lipinski definition) is 1. The number of halogens is 1. The Balaban J connectivity index is 2.13. The zero-order chi connectivity index (χ0) is 14.7. The molecule has 1 amide bonds. The van der Waals surface area contributed by atoms with Crippen molar-refractivity contribution in [2.75, 3.05) is 17.2 Å². The van der Waals surface area contributed by atoms with Crippen molar-refractivity contribution in [3.8, 4) is 0 Å². The maximum atomic E-state index is 12.1. The monoisotopic (exact) mass is 313 g/mol. The molecule has 1 aliphatic rings. The van der Waals surface area contributed by atoms with Crippen molar-refractivity contribution in [3.63, 3.8) is 0 Å². The van der Waals surface area contributed by atoms with Gasteiger partial charge in [-0.05, 0) is 24.1 Å². The normalized spacial score (nSPS) is 18.6. The van der Waals surface area contributed by atoms with E-state index < -0.39 is 0 Å². The second-order valence-electron chi connectivity index (χ2n) is 4.81. The van der Waals surface area contributed by atoms with Crippen molar-refractivity contribution < 1.29 is 14.7 Å². The van der Waals surface area contributed by atoms with Crippen molar-refractivity contribution in [3.05, 3.63) is 28.8 Å².